The van der Waals surface area contributed by atoms with E-state index in [9.17, 15) is 4.79 Å². The van der Waals surface area contributed by atoms with E-state index in [1.807, 2.05) is 38.1 Å². The summed E-state index contributed by atoms with van der Waals surface area (Å²) in [5, 5.41) is 6.03. The third kappa shape index (κ3) is 7.85. The molecule has 106 valence electrons. The first-order chi connectivity index (χ1) is 9.08. The van der Waals surface area contributed by atoms with E-state index in [1.165, 1.54) is 0 Å². The molecular weight excluding hydrogens is 308 g/mol. The van der Waals surface area contributed by atoms with E-state index in [1.54, 1.807) is 0 Å². The molecule has 0 saturated carbocycles. The normalized spacial score (nSPS) is 10.5. The quantitative estimate of drug-likeness (QED) is 0.720. The summed E-state index contributed by atoms with van der Waals surface area (Å²) in [6.45, 7) is 5.90. The second kappa shape index (κ2) is 8.93. The van der Waals surface area contributed by atoms with Crippen molar-refractivity contribution in [3.8, 4) is 5.75 Å². The Balaban J connectivity index is 2.02. The molecule has 0 radical (unpaired) electrons. The maximum Gasteiger partial charge on any atom is 0.221 e. The lowest BCUT2D eigenvalue weighted by Crippen LogP contribution is -2.33. The summed E-state index contributed by atoms with van der Waals surface area (Å²) in [6, 6.07) is 7.92. The van der Waals surface area contributed by atoms with Crippen LogP contribution in [-0.4, -0.2) is 31.6 Å². The number of benzene rings is 1. The Hall–Kier alpha value is -1.07. The number of halogens is 1. The second-order valence-electron chi connectivity index (χ2n) is 4.52. The molecule has 4 nitrogen and oxygen atoms in total. The van der Waals surface area contributed by atoms with E-state index in [2.05, 4.69) is 26.6 Å². The van der Waals surface area contributed by atoms with Gasteiger partial charge in [0.2, 0.25) is 5.91 Å². The van der Waals surface area contributed by atoms with Crippen LogP contribution in [0.3, 0.4) is 0 Å². The van der Waals surface area contributed by atoms with Crippen LogP contribution in [0.5, 0.6) is 5.75 Å². The molecule has 1 amide bonds. The zero-order valence-electron chi connectivity index (χ0n) is 11.4. The van der Waals surface area contributed by atoms with Crippen molar-refractivity contribution in [1.29, 1.82) is 0 Å². The minimum Gasteiger partial charge on any atom is -0.492 e. The molecule has 0 spiro atoms. The van der Waals surface area contributed by atoms with Gasteiger partial charge in [0.25, 0.3) is 0 Å². The van der Waals surface area contributed by atoms with Crippen molar-refractivity contribution in [3.63, 3.8) is 0 Å². The molecule has 1 aromatic rings. The predicted molar refractivity (Wildman–Crippen MR) is 80.4 cm³/mol. The molecule has 0 unspecified atom stereocenters. The van der Waals surface area contributed by atoms with Gasteiger partial charge in [0.1, 0.15) is 12.4 Å². The molecule has 2 N–H and O–H groups in total. The first-order valence-electron chi connectivity index (χ1n) is 6.46. The molecule has 0 fully saturated rings. The van der Waals surface area contributed by atoms with Gasteiger partial charge in [0.15, 0.2) is 0 Å². The molecule has 0 aliphatic carbocycles. The van der Waals surface area contributed by atoms with E-state index in [0.717, 1.165) is 16.8 Å². The second-order valence-corrected chi connectivity index (χ2v) is 5.44. The molecule has 0 aliphatic rings. The summed E-state index contributed by atoms with van der Waals surface area (Å²) in [6.07, 6.45) is 0.496. The van der Waals surface area contributed by atoms with Gasteiger partial charge in [0.05, 0.1) is 0 Å². The highest BCUT2D eigenvalue weighted by atomic mass is 79.9. The molecular formula is C14H21BrN2O2. The minimum atomic E-state index is 0.0799. The maximum atomic E-state index is 11.4. The highest BCUT2D eigenvalue weighted by molar-refractivity contribution is 9.10. The van der Waals surface area contributed by atoms with Crippen molar-refractivity contribution in [1.82, 2.24) is 10.6 Å². The van der Waals surface area contributed by atoms with Crippen molar-refractivity contribution >= 4 is 21.8 Å². The van der Waals surface area contributed by atoms with Crippen LogP contribution in [-0.2, 0) is 4.79 Å². The molecule has 0 aliphatic heterocycles. The van der Waals surface area contributed by atoms with Crippen LogP contribution in [0.25, 0.3) is 0 Å². The standard InChI is InChI=1S/C14H21BrN2O2/c1-11(2)17-14(18)7-8-16-9-10-19-13-5-3-12(15)4-6-13/h3-6,11,16H,7-10H2,1-2H3,(H,17,18). The van der Waals surface area contributed by atoms with Gasteiger partial charge in [-0.05, 0) is 38.1 Å². The average molecular weight is 329 g/mol. The first kappa shape index (κ1) is 16.0. The van der Waals surface area contributed by atoms with Crippen LogP contribution in [0, 0.1) is 0 Å². The van der Waals surface area contributed by atoms with Gasteiger partial charge in [-0.2, -0.15) is 0 Å². The summed E-state index contributed by atoms with van der Waals surface area (Å²) in [5.74, 6) is 0.930. The number of hydrogen-bond donors (Lipinski definition) is 2. The lowest BCUT2D eigenvalue weighted by molar-refractivity contribution is -0.121. The maximum absolute atomic E-state index is 11.4. The largest absolute Gasteiger partial charge is 0.492 e. The van der Waals surface area contributed by atoms with Crippen LogP contribution in [0.15, 0.2) is 28.7 Å². The van der Waals surface area contributed by atoms with Gasteiger partial charge in [-0.3, -0.25) is 4.79 Å². The topological polar surface area (TPSA) is 50.4 Å². The van der Waals surface area contributed by atoms with E-state index in [0.29, 0.717) is 19.6 Å². The number of nitrogens with one attached hydrogen (secondary N) is 2. The average Bonchev–Trinajstić information content (AvgIpc) is 2.35. The number of ether oxygens (including phenoxy) is 1. The third-order valence-corrected chi connectivity index (χ3v) is 2.87. The SMILES string of the molecule is CC(C)NC(=O)CCNCCOc1ccc(Br)cc1. The Morgan fingerprint density at radius 3 is 2.58 bits per heavy atom. The van der Waals surface area contributed by atoms with E-state index in [4.69, 9.17) is 4.74 Å². The molecule has 1 aromatic carbocycles. The molecule has 0 aromatic heterocycles. The lowest BCUT2D eigenvalue weighted by atomic mass is 10.3. The lowest BCUT2D eigenvalue weighted by Gasteiger charge is -2.09. The Labute approximate surface area is 123 Å². The number of carbonyl (C=O) groups excluding carboxylic acids is 1. The Morgan fingerprint density at radius 2 is 1.95 bits per heavy atom. The molecule has 0 heterocycles. The third-order valence-electron chi connectivity index (χ3n) is 2.34. The van der Waals surface area contributed by atoms with Gasteiger partial charge in [-0.15, -0.1) is 0 Å². The summed E-state index contributed by atoms with van der Waals surface area (Å²) in [7, 11) is 0. The number of amides is 1. The van der Waals surface area contributed by atoms with Crippen molar-refractivity contribution < 1.29 is 9.53 Å². The van der Waals surface area contributed by atoms with Crippen molar-refractivity contribution in [3.05, 3.63) is 28.7 Å². The summed E-state index contributed by atoms with van der Waals surface area (Å²) < 4.78 is 6.58. The Bertz CT molecular complexity index is 380. The van der Waals surface area contributed by atoms with Gasteiger partial charge >= 0.3 is 0 Å². The van der Waals surface area contributed by atoms with E-state index < -0.39 is 0 Å². The van der Waals surface area contributed by atoms with Crippen molar-refractivity contribution in [2.45, 2.75) is 26.3 Å². The number of hydrogen-bond acceptors (Lipinski definition) is 3. The first-order valence-corrected chi connectivity index (χ1v) is 7.25. The van der Waals surface area contributed by atoms with Crippen LogP contribution in [0.2, 0.25) is 0 Å². The molecule has 0 saturated heterocycles. The molecule has 0 atom stereocenters. The van der Waals surface area contributed by atoms with E-state index >= 15 is 0 Å². The Morgan fingerprint density at radius 1 is 1.26 bits per heavy atom. The molecule has 0 bridgehead atoms. The van der Waals surface area contributed by atoms with Gasteiger partial charge in [-0.25, -0.2) is 0 Å². The Kier molecular flexibility index (Phi) is 7.52. The van der Waals surface area contributed by atoms with Gasteiger partial charge in [0, 0.05) is 30.0 Å². The van der Waals surface area contributed by atoms with E-state index in [-0.39, 0.29) is 11.9 Å². The van der Waals surface area contributed by atoms with Crippen LogP contribution < -0.4 is 15.4 Å². The highest BCUT2D eigenvalue weighted by Crippen LogP contribution is 2.15. The fourth-order valence-electron chi connectivity index (χ4n) is 1.49. The zero-order valence-corrected chi connectivity index (χ0v) is 13.0. The van der Waals surface area contributed by atoms with Crippen LogP contribution in [0.4, 0.5) is 0 Å². The monoisotopic (exact) mass is 328 g/mol. The number of carbonyl (C=O) groups is 1. The van der Waals surface area contributed by atoms with Crippen molar-refractivity contribution in [2.24, 2.45) is 0 Å². The number of rotatable bonds is 8. The minimum absolute atomic E-state index is 0.0799. The smallest absolute Gasteiger partial charge is 0.221 e. The van der Waals surface area contributed by atoms with Gasteiger partial charge in [-0.1, -0.05) is 15.9 Å². The fraction of sp³-hybridized carbons (Fsp3) is 0.500. The van der Waals surface area contributed by atoms with Crippen LogP contribution in [0.1, 0.15) is 20.3 Å². The fourth-order valence-corrected chi connectivity index (χ4v) is 1.76. The summed E-state index contributed by atoms with van der Waals surface area (Å²) in [5.41, 5.74) is 0. The molecule has 19 heavy (non-hydrogen) atoms. The zero-order chi connectivity index (χ0) is 14.1. The molecule has 5 heteroatoms. The molecule has 1 rings (SSSR count). The summed E-state index contributed by atoms with van der Waals surface area (Å²) in [4.78, 5) is 11.4. The summed E-state index contributed by atoms with van der Waals surface area (Å²) >= 11 is 3.37. The predicted octanol–water partition coefficient (Wildman–Crippen LogP) is 2.33. The van der Waals surface area contributed by atoms with Crippen molar-refractivity contribution in [2.75, 3.05) is 19.7 Å². The van der Waals surface area contributed by atoms with Gasteiger partial charge < -0.3 is 15.4 Å². The highest BCUT2D eigenvalue weighted by Gasteiger charge is 2.01. The van der Waals surface area contributed by atoms with Crippen LogP contribution >= 0.6 is 15.9 Å².